The molecular formula is C17H21NO. The molecule has 2 nitrogen and oxygen atoms in total. The van der Waals surface area contributed by atoms with Gasteiger partial charge in [-0.25, -0.2) is 0 Å². The zero-order valence-electron chi connectivity index (χ0n) is 11.8. The highest BCUT2D eigenvalue weighted by Gasteiger charge is 2.04. The lowest BCUT2D eigenvalue weighted by Crippen LogP contribution is -2.09. The van der Waals surface area contributed by atoms with Gasteiger partial charge in [-0.15, -0.1) is 0 Å². The molecule has 0 spiro atoms. The van der Waals surface area contributed by atoms with Crippen LogP contribution in [0.3, 0.4) is 0 Å². The van der Waals surface area contributed by atoms with Crippen molar-refractivity contribution in [2.45, 2.75) is 33.3 Å². The molecule has 1 N–H and O–H groups in total. The Morgan fingerprint density at radius 3 is 2.47 bits per heavy atom. The molecule has 0 amide bonds. The minimum atomic E-state index is 0.257. The van der Waals surface area contributed by atoms with E-state index in [2.05, 4.69) is 50.4 Å². The van der Waals surface area contributed by atoms with Gasteiger partial charge in [0.25, 0.3) is 0 Å². The van der Waals surface area contributed by atoms with Crippen molar-refractivity contribution in [1.29, 1.82) is 0 Å². The molecule has 0 bridgehead atoms. The van der Waals surface area contributed by atoms with Crippen LogP contribution in [0.5, 0.6) is 5.75 Å². The minimum Gasteiger partial charge on any atom is -0.491 e. The monoisotopic (exact) mass is 255 g/mol. The zero-order valence-corrected chi connectivity index (χ0v) is 11.8. The lowest BCUT2D eigenvalue weighted by atomic mass is 10.1. The van der Waals surface area contributed by atoms with Crippen LogP contribution in [-0.4, -0.2) is 6.10 Å². The number of para-hydroxylation sites is 1. The summed E-state index contributed by atoms with van der Waals surface area (Å²) in [6, 6.07) is 16.4. The van der Waals surface area contributed by atoms with Gasteiger partial charge < -0.3 is 10.1 Å². The minimum absolute atomic E-state index is 0.257. The third-order valence-electron chi connectivity index (χ3n) is 3.16. The number of anilines is 2. The maximum absolute atomic E-state index is 5.82. The van der Waals surface area contributed by atoms with Gasteiger partial charge in [0.15, 0.2) is 0 Å². The highest BCUT2D eigenvalue weighted by Crippen LogP contribution is 2.25. The second kappa shape index (κ2) is 6.28. The van der Waals surface area contributed by atoms with Gasteiger partial charge >= 0.3 is 0 Å². The molecule has 0 radical (unpaired) electrons. The molecule has 0 saturated carbocycles. The van der Waals surface area contributed by atoms with Gasteiger partial charge in [0, 0.05) is 11.4 Å². The zero-order chi connectivity index (χ0) is 13.7. The fraction of sp³-hybridized carbons (Fsp3) is 0.294. The Hall–Kier alpha value is -1.96. The molecular weight excluding hydrogens is 234 g/mol. The summed E-state index contributed by atoms with van der Waals surface area (Å²) in [5.41, 5.74) is 3.40. The topological polar surface area (TPSA) is 21.3 Å². The van der Waals surface area contributed by atoms with Crippen molar-refractivity contribution in [3.05, 3.63) is 54.1 Å². The third kappa shape index (κ3) is 3.75. The summed E-state index contributed by atoms with van der Waals surface area (Å²) in [4.78, 5) is 0. The van der Waals surface area contributed by atoms with Crippen LogP contribution in [0, 0.1) is 6.92 Å². The predicted octanol–water partition coefficient (Wildman–Crippen LogP) is 4.92. The van der Waals surface area contributed by atoms with E-state index in [9.17, 15) is 0 Å². The smallest absolute Gasteiger partial charge is 0.120 e. The van der Waals surface area contributed by atoms with Crippen LogP contribution >= 0.6 is 0 Å². The summed E-state index contributed by atoms with van der Waals surface area (Å²) in [6.07, 6.45) is 1.27. The molecule has 19 heavy (non-hydrogen) atoms. The molecule has 2 aromatic carbocycles. The first kappa shape index (κ1) is 13.5. The van der Waals surface area contributed by atoms with Crippen molar-refractivity contribution in [3.63, 3.8) is 0 Å². The number of benzene rings is 2. The normalized spacial score (nSPS) is 11.9. The molecule has 1 unspecified atom stereocenters. The van der Waals surface area contributed by atoms with E-state index in [0.29, 0.717) is 0 Å². The molecule has 0 fully saturated rings. The van der Waals surface area contributed by atoms with Crippen LogP contribution in [0.1, 0.15) is 25.8 Å². The number of ether oxygens (including phenoxy) is 1. The Bertz CT molecular complexity index is 522. The third-order valence-corrected chi connectivity index (χ3v) is 3.16. The van der Waals surface area contributed by atoms with Crippen molar-refractivity contribution in [2.75, 3.05) is 5.32 Å². The predicted molar refractivity (Wildman–Crippen MR) is 81.3 cm³/mol. The van der Waals surface area contributed by atoms with Crippen molar-refractivity contribution < 1.29 is 4.74 Å². The molecule has 100 valence electrons. The molecule has 0 heterocycles. The molecule has 2 rings (SSSR count). The largest absolute Gasteiger partial charge is 0.491 e. The van der Waals surface area contributed by atoms with E-state index >= 15 is 0 Å². The summed E-state index contributed by atoms with van der Waals surface area (Å²) in [6.45, 7) is 6.31. The van der Waals surface area contributed by atoms with Crippen LogP contribution in [0.4, 0.5) is 11.4 Å². The Kier molecular flexibility index (Phi) is 4.45. The van der Waals surface area contributed by atoms with Gasteiger partial charge in [-0.3, -0.25) is 0 Å². The van der Waals surface area contributed by atoms with Crippen LogP contribution in [0.15, 0.2) is 48.5 Å². The van der Waals surface area contributed by atoms with Gasteiger partial charge in [0.1, 0.15) is 5.75 Å². The van der Waals surface area contributed by atoms with Crippen molar-refractivity contribution in [3.8, 4) is 5.75 Å². The van der Waals surface area contributed by atoms with Gasteiger partial charge in [-0.2, -0.15) is 0 Å². The fourth-order valence-electron chi connectivity index (χ4n) is 1.84. The number of rotatable bonds is 5. The van der Waals surface area contributed by atoms with E-state index < -0.39 is 0 Å². The summed E-state index contributed by atoms with van der Waals surface area (Å²) in [5.74, 6) is 0.936. The molecule has 0 aliphatic rings. The first-order chi connectivity index (χ1) is 9.19. The Morgan fingerprint density at radius 1 is 1.11 bits per heavy atom. The van der Waals surface area contributed by atoms with E-state index in [4.69, 9.17) is 4.74 Å². The number of aryl methyl sites for hydroxylation is 1. The highest BCUT2D eigenvalue weighted by atomic mass is 16.5. The second-order valence-corrected chi connectivity index (χ2v) is 4.80. The maximum Gasteiger partial charge on any atom is 0.120 e. The van der Waals surface area contributed by atoms with E-state index in [1.807, 2.05) is 24.3 Å². The van der Waals surface area contributed by atoms with Gasteiger partial charge in [0.05, 0.1) is 6.10 Å². The van der Waals surface area contributed by atoms with Crippen molar-refractivity contribution in [1.82, 2.24) is 0 Å². The van der Waals surface area contributed by atoms with Gasteiger partial charge in [0.2, 0.25) is 0 Å². The van der Waals surface area contributed by atoms with Crippen LogP contribution in [0.2, 0.25) is 0 Å². The lowest BCUT2D eigenvalue weighted by molar-refractivity contribution is 0.217. The van der Waals surface area contributed by atoms with Gasteiger partial charge in [-0.05, 0) is 56.2 Å². The van der Waals surface area contributed by atoms with E-state index in [1.54, 1.807) is 0 Å². The van der Waals surface area contributed by atoms with Crippen molar-refractivity contribution >= 4 is 11.4 Å². The molecule has 2 aromatic rings. The van der Waals surface area contributed by atoms with Crippen LogP contribution in [0.25, 0.3) is 0 Å². The Labute approximate surface area is 115 Å². The number of nitrogens with one attached hydrogen (secondary N) is 1. The van der Waals surface area contributed by atoms with E-state index in [0.717, 1.165) is 23.5 Å². The quantitative estimate of drug-likeness (QED) is 0.819. The molecule has 0 aromatic heterocycles. The number of hydrogen-bond acceptors (Lipinski definition) is 2. The molecule has 1 atom stereocenters. The molecule has 0 aliphatic heterocycles. The van der Waals surface area contributed by atoms with Crippen LogP contribution in [-0.2, 0) is 0 Å². The Balaban J connectivity index is 2.11. The second-order valence-electron chi connectivity index (χ2n) is 4.80. The summed E-state index contributed by atoms with van der Waals surface area (Å²) in [5, 5.41) is 3.41. The molecule has 0 saturated heterocycles. The molecule has 0 aliphatic carbocycles. The first-order valence-corrected chi connectivity index (χ1v) is 6.78. The lowest BCUT2D eigenvalue weighted by Gasteiger charge is -2.15. The molecule has 2 heteroatoms. The summed E-state index contributed by atoms with van der Waals surface area (Å²) in [7, 11) is 0. The van der Waals surface area contributed by atoms with E-state index in [-0.39, 0.29) is 6.10 Å². The van der Waals surface area contributed by atoms with Crippen molar-refractivity contribution in [2.24, 2.45) is 0 Å². The average Bonchev–Trinajstić information content (AvgIpc) is 2.43. The fourth-order valence-corrected chi connectivity index (χ4v) is 1.84. The van der Waals surface area contributed by atoms with Crippen LogP contribution < -0.4 is 10.1 Å². The SMILES string of the molecule is CCC(C)Oc1ccc(Nc2ccccc2)c(C)c1. The first-order valence-electron chi connectivity index (χ1n) is 6.78. The standard InChI is InChI=1S/C17H21NO/c1-4-14(3)19-16-10-11-17(13(2)12-16)18-15-8-6-5-7-9-15/h5-12,14,18H,4H2,1-3H3. The maximum atomic E-state index is 5.82. The highest BCUT2D eigenvalue weighted by molar-refractivity contribution is 5.63. The van der Waals surface area contributed by atoms with E-state index in [1.165, 1.54) is 5.56 Å². The Morgan fingerprint density at radius 2 is 1.84 bits per heavy atom. The summed E-state index contributed by atoms with van der Waals surface area (Å²) >= 11 is 0. The van der Waals surface area contributed by atoms with Gasteiger partial charge in [-0.1, -0.05) is 25.1 Å². The summed E-state index contributed by atoms with van der Waals surface area (Å²) < 4.78 is 5.82. The average molecular weight is 255 g/mol. The number of hydrogen-bond donors (Lipinski definition) is 1.